The number of carbonyl (C=O) groups is 2. The highest BCUT2D eigenvalue weighted by molar-refractivity contribution is 6.28. The largest absolute Gasteiger partial charge is 0.507 e. The van der Waals surface area contributed by atoms with Crippen LogP contribution in [0.4, 0.5) is 0 Å². The van der Waals surface area contributed by atoms with Gasteiger partial charge in [0.05, 0.1) is 11.1 Å². The second kappa shape index (κ2) is 3.65. The number of phenolic OH excluding ortho intramolecular Hbond substituents is 1. The summed E-state index contributed by atoms with van der Waals surface area (Å²) in [4.78, 5) is 35.9. The Balaban J connectivity index is 2.39. The molecular formula is C14H8O5. The van der Waals surface area contributed by atoms with E-state index in [-0.39, 0.29) is 33.8 Å². The van der Waals surface area contributed by atoms with Crippen molar-refractivity contribution in [3.05, 3.63) is 62.7 Å². The van der Waals surface area contributed by atoms with Crippen molar-refractivity contribution in [1.29, 1.82) is 0 Å². The Kier molecular flexibility index (Phi) is 2.19. The summed E-state index contributed by atoms with van der Waals surface area (Å²) in [7, 11) is 0. The molecule has 0 radical (unpaired) electrons. The molecule has 1 N–H and O–H groups in total. The lowest BCUT2D eigenvalue weighted by Gasteiger charge is -2.16. The van der Waals surface area contributed by atoms with Crippen LogP contribution in [0.1, 0.15) is 37.6 Å². The van der Waals surface area contributed by atoms with Gasteiger partial charge in [0.15, 0.2) is 5.76 Å². The minimum absolute atomic E-state index is 0.0103. The molecule has 0 bridgehead atoms. The molecule has 1 heterocycles. The number of hydrogen-bond acceptors (Lipinski definition) is 5. The quantitative estimate of drug-likeness (QED) is 0.657. The van der Waals surface area contributed by atoms with Crippen molar-refractivity contribution < 1.29 is 19.1 Å². The summed E-state index contributed by atoms with van der Waals surface area (Å²) in [5.41, 5.74) is -0.406. The summed E-state index contributed by atoms with van der Waals surface area (Å²) in [6.45, 7) is 1.49. The van der Waals surface area contributed by atoms with Crippen LogP contribution >= 0.6 is 0 Å². The van der Waals surface area contributed by atoms with Crippen molar-refractivity contribution in [3.8, 4) is 5.75 Å². The van der Waals surface area contributed by atoms with E-state index in [2.05, 4.69) is 0 Å². The topological polar surface area (TPSA) is 84.6 Å². The van der Waals surface area contributed by atoms with E-state index in [4.69, 9.17) is 4.42 Å². The number of hydrogen-bond donors (Lipinski definition) is 1. The Morgan fingerprint density at radius 3 is 2.53 bits per heavy atom. The summed E-state index contributed by atoms with van der Waals surface area (Å²) in [6.07, 6.45) is 0. The van der Waals surface area contributed by atoms with Crippen LogP contribution in [0.3, 0.4) is 0 Å². The lowest BCUT2D eigenvalue weighted by Crippen LogP contribution is -2.24. The van der Waals surface area contributed by atoms with E-state index in [0.717, 1.165) is 0 Å². The van der Waals surface area contributed by atoms with Crippen LogP contribution in [-0.4, -0.2) is 16.7 Å². The fourth-order valence-electron chi connectivity index (χ4n) is 2.13. The highest BCUT2D eigenvalue weighted by Crippen LogP contribution is 2.32. The molecule has 19 heavy (non-hydrogen) atoms. The van der Waals surface area contributed by atoms with Gasteiger partial charge in [-0.2, -0.15) is 0 Å². The predicted molar refractivity (Wildman–Crippen MR) is 64.7 cm³/mol. The van der Waals surface area contributed by atoms with Gasteiger partial charge >= 0.3 is 5.63 Å². The number of aromatic hydroxyl groups is 1. The summed E-state index contributed by atoms with van der Waals surface area (Å²) in [5, 5.41) is 9.73. The minimum atomic E-state index is -0.650. The molecule has 0 saturated heterocycles. The van der Waals surface area contributed by atoms with Crippen LogP contribution in [0, 0.1) is 6.92 Å². The van der Waals surface area contributed by atoms with Gasteiger partial charge in [-0.25, -0.2) is 4.79 Å². The Bertz CT molecular complexity index is 798. The zero-order chi connectivity index (χ0) is 13.7. The molecule has 0 fully saturated rings. The third-order valence-corrected chi connectivity index (χ3v) is 3.09. The molecule has 0 unspecified atom stereocenters. The molecule has 1 aliphatic carbocycles. The molecule has 94 valence electrons. The van der Waals surface area contributed by atoms with Crippen molar-refractivity contribution >= 4 is 11.6 Å². The van der Waals surface area contributed by atoms with E-state index in [1.54, 1.807) is 0 Å². The van der Waals surface area contributed by atoms with E-state index >= 15 is 0 Å². The highest BCUT2D eigenvalue weighted by Gasteiger charge is 2.34. The Hall–Kier alpha value is -2.69. The maximum absolute atomic E-state index is 12.3. The molecule has 0 atom stereocenters. The van der Waals surface area contributed by atoms with Crippen LogP contribution in [0.15, 0.2) is 33.5 Å². The maximum atomic E-state index is 12.3. The van der Waals surface area contributed by atoms with Crippen molar-refractivity contribution in [2.75, 3.05) is 0 Å². The number of phenols is 1. The first-order valence-electron chi connectivity index (χ1n) is 5.57. The van der Waals surface area contributed by atoms with Crippen molar-refractivity contribution in [1.82, 2.24) is 0 Å². The zero-order valence-electron chi connectivity index (χ0n) is 9.89. The van der Waals surface area contributed by atoms with Gasteiger partial charge in [-0.3, -0.25) is 9.59 Å². The van der Waals surface area contributed by atoms with Gasteiger partial charge in [0.2, 0.25) is 11.6 Å². The van der Waals surface area contributed by atoms with Gasteiger partial charge < -0.3 is 9.52 Å². The Labute approximate surface area is 107 Å². The van der Waals surface area contributed by atoms with Gasteiger partial charge in [0.1, 0.15) is 5.75 Å². The predicted octanol–water partition coefficient (Wildman–Crippen LogP) is 1.43. The van der Waals surface area contributed by atoms with Gasteiger partial charge in [-0.15, -0.1) is 0 Å². The minimum Gasteiger partial charge on any atom is -0.507 e. The molecule has 0 aliphatic heterocycles. The molecule has 5 heteroatoms. The van der Waals surface area contributed by atoms with Crippen LogP contribution in [-0.2, 0) is 0 Å². The van der Waals surface area contributed by atoms with Crippen molar-refractivity contribution in [2.45, 2.75) is 6.92 Å². The molecule has 5 nitrogen and oxygen atoms in total. The summed E-state index contributed by atoms with van der Waals surface area (Å²) in [5.74, 6) is -1.61. The monoisotopic (exact) mass is 256 g/mol. The first-order chi connectivity index (χ1) is 9.00. The standard InChI is InChI=1S/C14H8O5/c1-6-5-8-11(16)10-7(3-2-4-9(10)15)12(17)13(8)19-14(6)18/h2-5,15H,1H3. The number of ketones is 2. The second-order valence-electron chi connectivity index (χ2n) is 4.32. The van der Waals surface area contributed by atoms with Gasteiger partial charge in [-0.1, -0.05) is 6.07 Å². The first kappa shape index (κ1) is 11.4. The third-order valence-electron chi connectivity index (χ3n) is 3.09. The maximum Gasteiger partial charge on any atom is 0.339 e. The summed E-state index contributed by atoms with van der Waals surface area (Å²) in [6, 6.07) is 5.52. The van der Waals surface area contributed by atoms with Crippen LogP contribution in [0.25, 0.3) is 0 Å². The number of fused-ring (bicyclic) bond motifs is 2. The molecule has 2 aromatic rings. The van der Waals surface area contributed by atoms with Crippen LogP contribution in [0.5, 0.6) is 5.75 Å². The van der Waals surface area contributed by atoms with Gasteiger partial charge in [0.25, 0.3) is 0 Å². The molecular weight excluding hydrogens is 248 g/mol. The van der Waals surface area contributed by atoms with Gasteiger partial charge in [-0.05, 0) is 25.1 Å². The van der Waals surface area contributed by atoms with Crippen molar-refractivity contribution in [3.63, 3.8) is 0 Å². The van der Waals surface area contributed by atoms with E-state index < -0.39 is 17.2 Å². The normalized spacial score (nSPS) is 13.1. The van der Waals surface area contributed by atoms with E-state index in [0.29, 0.717) is 0 Å². The second-order valence-corrected chi connectivity index (χ2v) is 4.32. The number of rotatable bonds is 0. The first-order valence-corrected chi connectivity index (χ1v) is 5.57. The summed E-state index contributed by atoms with van der Waals surface area (Å²) >= 11 is 0. The lowest BCUT2D eigenvalue weighted by molar-refractivity contribution is 0.0950. The Morgan fingerprint density at radius 1 is 1.05 bits per heavy atom. The molecule has 3 rings (SSSR count). The SMILES string of the molecule is Cc1cc2c(oc1=O)C(=O)c1cccc(O)c1C2=O. The number of carbonyl (C=O) groups excluding carboxylic acids is 2. The average Bonchev–Trinajstić information content (AvgIpc) is 2.38. The Morgan fingerprint density at radius 2 is 1.79 bits per heavy atom. The molecule has 0 amide bonds. The highest BCUT2D eigenvalue weighted by atomic mass is 16.4. The third kappa shape index (κ3) is 1.45. The molecule has 0 spiro atoms. The van der Waals surface area contributed by atoms with Crippen LogP contribution in [0.2, 0.25) is 0 Å². The zero-order valence-corrected chi connectivity index (χ0v) is 9.89. The fourth-order valence-corrected chi connectivity index (χ4v) is 2.13. The van der Waals surface area contributed by atoms with Crippen molar-refractivity contribution in [2.24, 2.45) is 0 Å². The molecule has 1 aromatic heterocycles. The number of benzene rings is 1. The average molecular weight is 256 g/mol. The summed E-state index contributed by atoms with van der Waals surface area (Å²) < 4.78 is 4.90. The molecule has 0 saturated carbocycles. The smallest absolute Gasteiger partial charge is 0.339 e. The van der Waals surface area contributed by atoms with Gasteiger partial charge in [0, 0.05) is 11.1 Å². The lowest BCUT2D eigenvalue weighted by atomic mass is 9.87. The van der Waals surface area contributed by atoms with E-state index in [9.17, 15) is 19.5 Å². The van der Waals surface area contributed by atoms with E-state index in [1.807, 2.05) is 0 Å². The fraction of sp³-hybridized carbons (Fsp3) is 0.0714. The van der Waals surface area contributed by atoms with Crippen LogP contribution < -0.4 is 5.63 Å². The van der Waals surface area contributed by atoms with E-state index in [1.165, 1.54) is 31.2 Å². The molecule has 1 aliphatic rings. The molecule has 1 aromatic carbocycles. The number of aryl methyl sites for hydroxylation is 1.